The Morgan fingerprint density at radius 2 is 1.61 bits per heavy atom. The molecule has 0 N–H and O–H groups in total. The van der Waals surface area contributed by atoms with E-state index in [1.807, 2.05) is 7.11 Å². The maximum absolute atomic E-state index is 14.0. The molecule has 10 atom stereocenters. The number of methoxy groups -OCH3 is 2. The molecule has 4 saturated carbocycles. The van der Waals surface area contributed by atoms with Gasteiger partial charge >= 0.3 is 6.18 Å². The molecule has 0 unspecified atom stereocenters. The van der Waals surface area contributed by atoms with E-state index in [1.54, 1.807) is 0 Å². The van der Waals surface area contributed by atoms with Gasteiger partial charge < -0.3 is 9.47 Å². The van der Waals surface area contributed by atoms with Crippen LogP contribution in [-0.2, 0) is 9.47 Å². The summed E-state index contributed by atoms with van der Waals surface area (Å²) >= 11 is 0. The first-order valence-corrected chi connectivity index (χ1v) is 13.2. The SMILES string of the molecule is C/C=C\[C@@H](OC)[C@@H](C)[C@H]1CC[C@H]2[C@@H]3CC[C@@H]4C[C@@](OC)(C(F)(F)F)CC[C@]4(C)[C@H]3CC[C@]12C. The first-order valence-electron chi connectivity index (χ1n) is 13.2. The van der Waals surface area contributed by atoms with Gasteiger partial charge in [0.15, 0.2) is 5.60 Å². The van der Waals surface area contributed by atoms with E-state index in [1.165, 1.54) is 32.8 Å². The fraction of sp³-hybridized carbons (Fsp3) is 0.929. The first-order chi connectivity index (χ1) is 15.5. The van der Waals surface area contributed by atoms with Gasteiger partial charge in [0.2, 0.25) is 0 Å². The molecule has 2 nitrogen and oxygen atoms in total. The van der Waals surface area contributed by atoms with Crippen molar-refractivity contribution in [3.8, 4) is 0 Å². The Labute approximate surface area is 199 Å². The van der Waals surface area contributed by atoms with Crippen molar-refractivity contribution in [2.24, 2.45) is 46.3 Å². The molecule has 190 valence electrons. The molecule has 0 radical (unpaired) electrons. The molecule has 4 rings (SSSR count). The van der Waals surface area contributed by atoms with E-state index >= 15 is 0 Å². The van der Waals surface area contributed by atoms with Crippen molar-refractivity contribution in [2.45, 2.75) is 103 Å². The van der Waals surface area contributed by atoms with Crippen LogP contribution in [0.3, 0.4) is 0 Å². The summed E-state index contributed by atoms with van der Waals surface area (Å²) in [4.78, 5) is 0. The lowest BCUT2D eigenvalue weighted by Gasteiger charge is -2.62. The third-order valence-corrected chi connectivity index (χ3v) is 11.5. The summed E-state index contributed by atoms with van der Waals surface area (Å²) in [6.07, 6.45) is 7.98. The van der Waals surface area contributed by atoms with Crippen molar-refractivity contribution in [2.75, 3.05) is 14.2 Å². The average Bonchev–Trinajstić information content (AvgIpc) is 3.13. The smallest absolute Gasteiger partial charge is 0.377 e. The van der Waals surface area contributed by atoms with Crippen molar-refractivity contribution >= 4 is 0 Å². The molecule has 0 spiro atoms. The summed E-state index contributed by atoms with van der Waals surface area (Å²) in [5.41, 5.74) is -1.61. The maximum Gasteiger partial charge on any atom is 0.417 e. The fourth-order valence-electron chi connectivity index (χ4n) is 9.58. The summed E-state index contributed by atoms with van der Waals surface area (Å²) < 4.78 is 53.0. The number of halogens is 3. The highest BCUT2D eigenvalue weighted by Gasteiger charge is 2.66. The number of rotatable bonds is 5. The van der Waals surface area contributed by atoms with Crippen molar-refractivity contribution < 1.29 is 22.6 Å². The minimum absolute atomic E-state index is 0.0151. The van der Waals surface area contributed by atoms with Crippen LogP contribution in [0.25, 0.3) is 0 Å². The monoisotopic (exact) mass is 470 g/mol. The molecule has 4 aliphatic rings. The Bertz CT molecular complexity index is 735. The number of allylic oxidation sites excluding steroid dienone is 1. The second-order valence-electron chi connectivity index (χ2n) is 12.4. The van der Waals surface area contributed by atoms with E-state index < -0.39 is 11.8 Å². The van der Waals surface area contributed by atoms with Gasteiger partial charge in [-0.1, -0.05) is 32.9 Å². The van der Waals surface area contributed by atoms with E-state index in [-0.39, 0.29) is 30.3 Å². The molecule has 0 heterocycles. The number of hydrogen-bond donors (Lipinski definition) is 0. The number of hydrogen-bond acceptors (Lipinski definition) is 2. The molecule has 0 aromatic carbocycles. The van der Waals surface area contributed by atoms with Crippen LogP contribution in [0.15, 0.2) is 12.2 Å². The van der Waals surface area contributed by atoms with Gasteiger partial charge in [-0.05, 0) is 111 Å². The van der Waals surface area contributed by atoms with Crippen molar-refractivity contribution in [3.05, 3.63) is 12.2 Å². The summed E-state index contributed by atoms with van der Waals surface area (Å²) in [5.74, 6) is 3.15. The largest absolute Gasteiger partial charge is 0.417 e. The standard InChI is InChI=1S/C28H45F3O2/c1-7-8-24(32-5)18(2)21-11-12-22-20-10-9-19-17-27(33-6,28(29,30)31)16-15-25(19,3)23(20)13-14-26(21,22)4/h7-8,18-24H,9-17H2,1-6H3/b8-7-/t18-,19+,20-,21+,22-,23-,24+,25-,26+,27+/m0/s1. The lowest BCUT2D eigenvalue weighted by atomic mass is 9.43. The number of ether oxygens (including phenoxy) is 2. The normalized spacial score (nSPS) is 47.6. The second kappa shape index (κ2) is 8.84. The number of fused-ring (bicyclic) bond motifs is 5. The second-order valence-corrected chi connectivity index (χ2v) is 12.4. The van der Waals surface area contributed by atoms with Crippen LogP contribution >= 0.6 is 0 Å². The quantitative estimate of drug-likeness (QED) is 0.381. The Morgan fingerprint density at radius 1 is 0.909 bits per heavy atom. The highest BCUT2D eigenvalue weighted by Crippen LogP contribution is 2.69. The Kier molecular flexibility index (Phi) is 6.84. The van der Waals surface area contributed by atoms with Crippen LogP contribution < -0.4 is 0 Å². The van der Waals surface area contributed by atoms with Gasteiger partial charge in [0.1, 0.15) is 0 Å². The molecule has 0 aliphatic heterocycles. The van der Waals surface area contributed by atoms with Gasteiger partial charge in [0.25, 0.3) is 0 Å². The zero-order valence-corrected chi connectivity index (χ0v) is 21.5. The van der Waals surface area contributed by atoms with Crippen LogP contribution in [0.2, 0.25) is 0 Å². The van der Waals surface area contributed by atoms with E-state index in [9.17, 15) is 13.2 Å². The minimum Gasteiger partial charge on any atom is -0.377 e. The van der Waals surface area contributed by atoms with Gasteiger partial charge in [-0.2, -0.15) is 13.2 Å². The zero-order chi connectivity index (χ0) is 24.2. The lowest BCUT2D eigenvalue weighted by molar-refractivity contribution is -0.299. The summed E-state index contributed by atoms with van der Waals surface area (Å²) in [5, 5.41) is 0. The molecule has 4 fully saturated rings. The fourth-order valence-corrected chi connectivity index (χ4v) is 9.58. The summed E-state index contributed by atoms with van der Waals surface area (Å²) in [6, 6.07) is 0. The molecular formula is C28H45F3O2. The Morgan fingerprint density at radius 3 is 2.21 bits per heavy atom. The van der Waals surface area contributed by atoms with Crippen LogP contribution in [0, 0.1) is 46.3 Å². The molecule has 0 amide bonds. The van der Waals surface area contributed by atoms with Crippen LogP contribution in [-0.4, -0.2) is 32.1 Å². The third kappa shape index (κ3) is 3.82. The first kappa shape index (κ1) is 25.5. The van der Waals surface area contributed by atoms with Crippen molar-refractivity contribution in [3.63, 3.8) is 0 Å². The number of alkyl halides is 3. The molecule has 0 aromatic rings. The van der Waals surface area contributed by atoms with E-state index in [0.717, 1.165) is 12.8 Å². The minimum atomic E-state index is -4.29. The Hall–Kier alpha value is -0.550. The summed E-state index contributed by atoms with van der Waals surface area (Å²) in [6.45, 7) is 9.28. The third-order valence-electron chi connectivity index (χ3n) is 11.5. The van der Waals surface area contributed by atoms with Gasteiger partial charge in [0.05, 0.1) is 6.10 Å². The van der Waals surface area contributed by atoms with E-state index in [0.29, 0.717) is 41.4 Å². The maximum atomic E-state index is 14.0. The molecule has 5 heteroatoms. The lowest BCUT2D eigenvalue weighted by Crippen LogP contribution is -2.59. The van der Waals surface area contributed by atoms with Gasteiger partial charge in [-0.15, -0.1) is 0 Å². The van der Waals surface area contributed by atoms with Crippen LogP contribution in [0.5, 0.6) is 0 Å². The van der Waals surface area contributed by atoms with Gasteiger partial charge in [-0.25, -0.2) is 0 Å². The molecule has 4 aliphatic carbocycles. The predicted octanol–water partition coefficient (Wildman–Crippen LogP) is 7.82. The van der Waals surface area contributed by atoms with Crippen molar-refractivity contribution in [1.29, 1.82) is 0 Å². The molecular weight excluding hydrogens is 425 g/mol. The van der Waals surface area contributed by atoms with Crippen LogP contribution in [0.1, 0.15) is 85.5 Å². The Balaban J connectivity index is 1.55. The van der Waals surface area contributed by atoms with Crippen molar-refractivity contribution in [1.82, 2.24) is 0 Å². The van der Waals surface area contributed by atoms with Crippen LogP contribution in [0.4, 0.5) is 13.2 Å². The highest BCUT2D eigenvalue weighted by atomic mass is 19.4. The van der Waals surface area contributed by atoms with Gasteiger partial charge in [-0.3, -0.25) is 0 Å². The van der Waals surface area contributed by atoms with E-state index in [4.69, 9.17) is 9.47 Å². The van der Waals surface area contributed by atoms with E-state index in [2.05, 4.69) is 39.8 Å². The molecule has 0 saturated heterocycles. The van der Waals surface area contributed by atoms with Gasteiger partial charge in [0, 0.05) is 14.2 Å². The topological polar surface area (TPSA) is 18.5 Å². The highest BCUT2D eigenvalue weighted by molar-refractivity contribution is 5.12. The zero-order valence-electron chi connectivity index (χ0n) is 21.5. The summed E-state index contributed by atoms with van der Waals surface area (Å²) in [7, 11) is 3.08. The average molecular weight is 471 g/mol. The molecule has 0 bridgehead atoms. The molecule has 0 aromatic heterocycles. The predicted molar refractivity (Wildman–Crippen MR) is 126 cm³/mol. The molecule has 33 heavy (non-hydrogen) atoms.